The third-order valence-electron chi connectivity index (χ3n) is 3.00. The molecule has 0 radical (unpaired) electrons. The van der Waals surface area contributed by atoms with Crippen LogP contribution in [0.5, 0.6) is 5.88 Å². The van der Waals surface area contributed by atoms with Gasteiger partial charge in [0.2, 0.25) is 5.88 Å². The minimum absolute atomic E-state index is 0.0413. The topological polar surface area (TPSA) is 71.5 Å². The predicted molar refractivity (Wildman–Crippen MR) is 84.5 cm³/mol. The van der Waals surface area contributed by atoms with Gasteiger partial charge in [-0.1, -0.05) is 29.3 Å². The minimum atomic E-state index is -1.02. The maximum absolute atomic E-state index is 12.1. The number of benzene rings is 1. The molecule has 1 unspecified atom stereocenters. The summed E-state index contributed by atoms with van der Waals surface area (Å²) >= 11 is 12.0. The Hall–Kier alpha value is -1.82. The van der Waals surface area contributed by atoms with Gasteiger partial charge in [-0.2, -0.15) is 0 Å². The Morgan fingerprint density at radius 1 is 1.32 bits per heavy atom. The van der Waals surface area contributed by atoms with Gasteiger partial charge in [0, 0.05) is 28.4 Å². The molecule has 0 aliphatic carbocycles. The Morgan fingerprint density at radius 3 is 2.64 bits per heavy atom. The second kappa shape index (κ2) is 7.45. The molecule has 1 aromatic carbocycles. The molecular weight excluding hydrogens is 327 g/mol. The first-order chi connectivity index (χ1) is 10.5. The van der Waals surface area contributed by atoms with Crippen molar-refractivity contribution in [3.05, 3.63) is 57.7 Å². The third-order valence-corrected chi connectivity index (χ3v) is 3.66. The third kappa shape index (κ3) is 3.68. The van der Waals surface area contributed by atoms with Gasteiger partial charge in [-0.15, -0.1) is 0 Å². The largest absolute Gasteiger partial charge is 0.480 e. The fraction of sp³-hybridized carbons (Fsp3) is 0.200. The number of methoxy groups -OCH3 is 1. The number of nitrogens with zero attached hydrogens (tertiary/aromatic N) is 1. The normalized spacial score (nSPS) is 11.8. The zero-order valence-corrected chi connectivity index (χ0v) is 13.2. The molecule has 0 saturated heterocycles. The number of ether oxygens (including phenoxy) is 1. The maximum Gasteiger partial charge on any atom is 0.256 e. The molecule has 0 bridgehead atoms. The van der Waals surface area contributed by atoms with Crippen LogP contribution in [-0.2, 0) is 0 Å². The van der Waals surface area contributed by atoms with E-state index in [2.05, 4.69) is 10.3 Å². The van der Waals surface area contributed by atoms with Crippen molar-refractivity contribution in [1.29, 1.82) is 0 Å². The maximum atomic E-state index is 12.1. The van der Waals surface area contributed by atoms with Crippen molar-refractivity contribution in [3.8, 4) is 5.88 Å². The van der Waals surface area contributed by atoms with E-state index in [-0.39, 0.29) is 18.0 Å². The number of pyridine rings is 1. The molecule has 5 nitrogen and oxygen atoms in total. The average molecular weight is 341 g/mol. The summed E-state index contributed by atoms with van der Waals surface area (Å²) < 4.78 is 5.02. The van der Waals surface area contributed by atoms with E-state index in [9.17, 15) is 9.90 Å². The molecule has 0 aliphatic heterocycles. The van der Waals surface area contributed by atoms with Gasteiger partial charge >= 0.3 is 0 Å². The van der Waals surface area contributed by atoms with Gasteiger partial charge in [0.05, 0.1) is 13.2 Å². The van der Waals surface area contributed by atoms with Crippen LogP contribution >= 0.6 is 23.2 Å². The highest BCUT2D eigenvalue weighted by Crippen LogP contribution is 2.29. The van der Waals surface area contributed by atoms with Crippen molar-refractivity contribution >= 4 is 29.1 Å². The lowest BCUT2D eigenvalue weighted by atomic mass is 10.1. The molecule has 0 fully saturated rings. The molecule has 0 saturated carbocycles. The summed E-state index contributed by atoms with van der Waals surface area (Å²) in [5, 5.41) is 13.5. The number of hydrogen-bond donors (Lipinski definition) is 2. The number of carbonyl (C=O) groups is 1. The highest BCUT2D eigenvalue weighted by atomic mass is 35.5. The van der Waals surface area contributed by atoms with Crippen molar-refractivity contribution in [2.24, 2.45) is 0 Å². The Bertz CT molecular complexity index is 659. The van der Waals surface area contributed by atoms with Gasteiger partial charge in [0.1, 0.15) is 5.56 Å². The van der Waals surface area contributed by atoms with E-state index in [4.69, 9.17) is 27.9 Å². The number of carbonyl (C=O) groups excluding carboxylic acids is 1. The molecule has 2 N–H and O–H groups in total. The number of aliphatic hydroxyl groups excluding tert-OH is 1. The Labute approximate surface area is 137 Å². The van der Waals surface area contributed by atoms with E-state index in [1.165, 1.54) is 13.3 Å². The first-order valence-electron chi connectivity index (χ1n) is 6.43. The van der Waals surface area contributed by atoms with Gasteiger partial charge in [0.15, 0.2) is 0 Å². The van der Waals surface area contributed by atoms with Crippen molar-refractivity contribution in [2.45, 2.75) is 6.10 Å². The molecule has 7 heteroatoms. The van der Waals surface area contributed by atoms with E-state index in [0.717, 1.165) is 0 Å². The zero-order valence-electron chi connectivity index (χ0n) is 11.7. The van der Waals surface area contributed by atoms with E-state index >= 15 is 0 Å². The molecule has 0 aliphatic rings. The van der Waals surface area contributed by atoms with Gasteiger partial charge in [-0.05, 0) is 24.3 Å². The van der Waals surface area contributed by atoms with Crippen LogP contribution < -0.4 is 10.1 Å². The van der Waals surface area contributed by atoms with Crippen LogP contribution in [0.25, 0.3) is 0 Å². The Morgan fingerprint density at radius 2 is 2.00 bits per heavy atom. The van der Waals surface area contributed by atoms with Gasteiger partial charge in [0.25, 0.3) is 5.91 Å². The smallest absolute Gasteiger partial charge is 0.256 e. The fourth-order valence-electron chi connectivity index (χ4n) is 1.94. The Kier molecular flexibility index (Phi) is 5.60. The molecule has 22 heavy (non-hydrogen) atoms. The number of rotatable bonds is 5. The molecule has 1 aromatic heterocycles. The van der Waals surface area contributed by atoms with Crippen molar-refractivity contribution < 1.29 is 14.6 Å². The second-order valence-electron chi connectivity index (χ2n) is 4.42. The molecule has 1 heterocycles. The highest BCUT2D eigenvalue weighted by molar-refractivity contribution is 6.36. The fourth-order valence-corrected chi connectivity index (χ4v) is 2.59. The monoisotopic (exact) mass is 340 g/mol. The van der Waals surface area contributed by atoms with E-state index in [1.54, 1.807) is 30.3 Å². The second-order valence-corrected chi connectivity index (χ2v) is 5.24. The number of hydrogen-bond acceptors (Lipinski definition) is 4. The van der Waals surface area contributed by atoms with Crippen LogP contribution in [0.3, 0.4) is 0 Å². The van der Waals surface area contributed by atoms with Crippen LogP contribution in [0.2, 0.25) is 10.0 Å². The molecular formula is C15H14Cl2N2O3. The zero-order chi connectivity index (χ0) is 16.1. The molecule has 0 spiro atoms. The average Bonchev–Trinajstić information content (AvgIpc) is 2.52. The summed E-state index contributed by atoms with van der Waals surface area (Å²) in [6.07, 6.45) is 0.501. The summed E-state index contributed by atoms with van der Waals surface area (Å²) in [4.78, 5) is 16.1. The quantitative estimate of drug-likeness (QED) is 0.877. The SMILES string of the molecule is COc1ncccc1C(=O)NCC(O)c1c(Cl)cccc1Cl. The summed E-state index contributed by atoms with van der Waals surface area (Å²) in [5.41, 5.74) is 0.659. The first kappa shape index (κ1) is 16.5. The number of aromatic nitrogens is 1. The van der Waals surface area contributed by atoms with E-state index in [1.807, 2.05) is 0 Å². The lowest BCUT2D eigenvalue weighted by molar-refractivity contribution is 0.0912. The molecule has 2 aromatic rings. The number of amides is 1. The predicted octanol–water partition coefficient (Wildman–Crippen LogP) is 2.86. The number of halogens is 2. The minimum Gasteiger partial charge on any atom is -0.480 e. The van der Waals surface area contributed by atoms with Crippen LogP contribution in [0.1, 0.15) is 22.0 Å². The highest BCUT2D eigenvalue weighted by Gasteiger charge is 2.18. The number of aliphatic hydroxyl groups is 1. The molecule has 116 valence electrons. The van der Waals surface area contributed by atoms with Gasteiger partial charge in [-0.3, -0.25) is 4.79 Å². The van der Waals surface area contributed by atoms with Crippen molar-refractivity contribution in [2.75, 3.05) is 13.7 Å². The lowest BCUT2D eigenvalue weighted by Crippen LogP contribution is -2.29. The Balaban J connectivity index is 2.08. The van der Waals surface area contributed by atoms with Crippen LogP contribution in [0.15, 0.2) is 36.5 Å². The van der Waals surface area contributed by atoms with Crippen LogP contribution in [0.4, 0.5) is 0 Å². The molecule has 1 amide bonds. The van der Waals surface area contributed by atoms with Crippen LogP contribution in [-0.4, -0.2) is 29.7 Å². The van der Waals surface area contributed by atoms with Gasteiger partial charge < -0.3 is 15.2 Å². The van der Waals surface area contributed by atoms with Gasteiger partial charge in [-0.25, -0.2) is 4.98 Å². The number of nitrogens with one attached hydrogen (secondary N) is 1. The summed E-state index contributed by atoms with van der Waals surface area (Å²) in [6, 6.07) is 8.13. The first-order valence-corrected chi connectivity index (χ1v) is 7.19. The summed E-state index contributed by atoms with van der Waals surface area (Å²) in [5.74, 6) is -0.197. The standard InChI is InChI=1S/C15H14Cl2N2O3/c1-22-15-9(4-3-7-18-15)14(21)19-8-12(20)13-10(16)5-2-6-11(13)17/h2-7,12,20H,8H2,1H3,(H,19,21). The molecule has 2 rings (SSSR count). The van der Waals surface area contributed by atoms with Crippen molar-refractivity contribution in [3.63, 3.8) is 0 Å². The van der Waals surface area contributed by atoms with E-state index in [0.29, 0.717) is 15.6 Å². The van der Waals surface area contributed by atoms with Crippen LogP contribution in [0, 0.1) is 0 Å². The molecule has 1 atom stereocenters. The summed E-state index contributed by atoms with van der Waals surface area (Å²) in [7, 11) is 1.43. The summed E-state index contributed by atoms with van der Waals surface area (Å²) in [6.45, 7) is -0.0413. The van der Waals surface area contributed by atoms with Crippen molar-refractivity contribution in [1.82, 2.24) is 10.3 Å². The van der Waals surface area contributed by atoms with E-state index < -0.39 is 12.0 Å². The lowest BCUT2D eigenvalue weighted by Gasteiger charge is -2.15.